The Morgan fingerprint density at radius 1 is 1.26 bits per heavy atom. The number of para-hydroxylation sites is 2. The van der Waals surface area contributed by atoms with Gasteiger partial charge in [0.15, 0.2) is 5.16 Å². The zero-order chi connectivity index (χ0) is 22.0. The maximum atomic E-state index is 12.9. The highest BCUT2D eigenvalue weighted by atomic mass is 32.2. The molecule has 31 heavy (non-hydrogen) atoms. The molecule has 4 rings (SSSR count). The minimum absolute atomic E-state index is 0.170. The molecule has 0 saturated heterocycles. The van der Waals surface area contributed by atoms with E-state index in [2.05, 4.69) is 20.5 Å². The van der Waals surface area contributed by atoms with Crippen LogP contribution in [0.3, 0.4) is 0 Å². The summed E-state index contributed by atoms with van der Waals surface area (Å²) in [5, 5.41) is 22.6. The number of amides is 1. The van der Waals surface area contributed by atoms with E-state index in [-0.39, 0.29) is 11.3 Å². The van der Waals surface area contributed by atoms with Gasteiger partial charge >= 0.3 is 0 Å². The first-order valence-electron chi connectivity index (χ1n) is 9.55. The number of nitro groups is 1. The topological polar surface area (TPSA) is 121 Å². The molecule has 0 radical (unpaired) electrons. The molecule has 4 aromatic rings. The molecule has 0 atom stereocenters. The van der Waals surface area contributed by atoms with Gasteiger partial charge in [0, 0.05) is 25.2 Å². The molecular weight excluding hydrogens is 418 g/mol. The van der Waals surface area contributed by atoms with Gasteiger partial charge in [-0.2, -0.15) is 0 Å². The quantitative estimate of drug-likeness (QED) is 0.344. The molecule has 10 nitrogen and oxygen atoms in total. The number of rotatable bonds is 7. The fraction of sp³-hybridized carbons (Fsp3) is 0.200. The van der Waals surface area contributed by atoms with Crippen LogP contribution in [-0.4, -0.2) is 35.1 Å². The monoisotopic (exact) mass is 437 g/mol. The van der Waals surface area contributed by atoms with Crippen molar-refractivity contribution in [2.75, 3.05) is 5.32 Å². The predicted octanol–water partition coefficient (Wildman–Crippen LogP) is 3.89. The van der Waals surface area contributed by atoms with E-state index in [9.17, 15) is 14.9 Å². The largest absolute Gasteiger partial charge is 0.311 e. The summed E-state index contributed by atoms with van der Waals surface area (Å²) in [5.74, 6) is -0.0563. The lowest BCUT2D eigenvalue weighted by Gasteiger charge is -2.09. The lowest BCUT2D eigenvalue weighted by molar-refractivity contribution is -0.387. The zero-order valence-corrected chi connectivity index (χ0v) is 17.7. The van der Waals surface area contributed by atoms with Crippen LogP contribution in [0.5, 0.6) is 0 Å². The Balaban J connectivity index is 1.64. The van der Waals surface area contributed by atoms with Crippen LogP contribution in [0.25, 0.3) is 11.0 Å². The van der Waals surface area contributed by atoms with Gasteiger partial charge in [-0.1, -0.05) is 19.1 Å². The summed E-state index contributed by atoms with van der Waals surface area (Å²) in [6.45, 7) is 2.72. The Morgan fingerprint density at radius 3 is 2.77 bits per heavy atom. The van der Waals surface area contributed by atoms with Crippen LogP contribution >= 0.6 is 11.8 Å². The molecule has 1 N–H and O–H groups in total. The number of hydrogen-bond donors (Lipinski definition) is 1. The number of nitrogens with one attached hydrogen (secondary N) is 1. The normalized spacial score (nSPS) is 11.0. The molecular formula is C20H19N7O3S. The van der Waals surface area contributed by atoms with Crippen LogP contribution in [0.15, 0.2) is 58.8 Å². The molecule has 2 aromatic heterocycles. The highest BCUT2D eigenvalue weighted by Crippen LogP contribution is 2.34. The molecule has 0 aliphatic carbocycles. The van der Waals surface area contributed by atoms with Gasteiger partial charge in [0.05, 0.1) is 20.9 Å². The third-order valence-corrected chi connectivity index (χ3v) is 5.73. The summed E-state index contributed by atoms with van der Waals surface area (Å²) in [5.41, 5.74) is 1.68. The maximum Gasteiger partial charge on any atom is 0.284 e. The maximum absolute atomic E-state index is 12.9. The fourth-order valence-corrected chi connectivity index (χ4v) is 4.00. The molecule has 0 aliphatic rings. The summed E-state index contributed by atoms with van der Waals surface area (Å²) >= 11 is 1.11. The average Bonchev–Trinajstić information content (AvgIpc) is 3.31. The van der Waals surface area contributed by atoms with Crippen LogP contribution in [-0.2, 0) is 13.6 Å². The Morgan fingerprint density at radius 2 is 2.06 bits per heavy atom. The van der Waals surface area contributed by atoms with Crippen molar-refractivity contribution in [3.63, 3.8) is 0 Å². The van der Waals surface area contributed by atoms with Crippen LogP contribution in [0.2, 0.25) is 0 Å². The van der Waals surface area contributed by atoms with Gasteiger partial charge in [-0.15, -0.1) is 10.2 Å². The molecule has 0 saturated carbocycles. The Kier molecular flexibility index (Phi) is 5.67. The van der Waals surface area contributed by atoms with Crippen molar-refractivity contribution in [3.05, 3.63) is 64.5 Å². The molecule has 0 fully saturated rings. The standard InChI is InChI=1S/C20H19N7O3S/c1-3-10-26-15-7-5-4-6-14(15)22-19(26)23-18(28)13-8-9-17(16(11-13)27(29)30)31-20-24-21-12-25(20)2/h4-9,11-12H,3,10H2,1-2H3,(H,22,23,28). The number of aromatic nitrogens is 5. The van der Waals surface area contributed by atoms with E-state index in [0.717, 1.165) is 29.2 Å². The van der Waals surface area contributed by atoms with E-state index < -0.39 is 10.8 Å². The minimum atomic E-state index is -0.512. The van der Waals surface area contributed by atoms with E-state index in [1.165, 1.54) is 12.4 Å². The number of anilines is 1. The Hall–Kier alpha value is -3.73. The van der Waals surface area contributed by atoms with E-state index in [0.29, 0.717) is 22.5 Å². The van der Waals surface area contributed by atoms with Crippen LogP contribution in [0.1, 0.15) is 23.7 Å². The third kappa shape index (κ3) is 4.12. The molecule has 11 heteroatoms. The van der Waals surface area contributed by atoms with Crippen molar-refractivity contribution < 1.29 is 9.72 Å². The predicted molar refractivity (Wildman–Crippen MR) is 116 cm³/mol. The second kappa shape index (κ2) is 8.56. The number of aryl methyl sites for hydroxylation is 2. The molecule has 0 aliphatic heterocycles. The van der Waals surface area contributed by atoms with Crippen molar-refractivity contribution in [1.29, 1.82) is 0 Å². The number of carbonyl (C=O) groups is 1. The summed E-state index contributed by atoms with van der Waals surface area (Å²) < 4.78 is 3.59. The van der Waals surface area contributed by atoms with Crippen molar-refractivity contribution in [3.8, 4) is 0 Å². The Labute approximate surface area is 181 Å². The number of nitrogens with zero attached hydrogens (tertiary/aromatic N) is 6. The molecule has 158 valence electrons. The van der Waals surface area contributed by atoms with E-state index in [1.807, 2.05) is 35.8 Å². The number of fused-ring (bicyclic) bond motifs is 1. The van der Waals surface area contributed by atoms with Gasteiger partial charge in [0.25, 0.3) is 11.6 Å². The summed E-state index contributed by atoms with van der Waals surface area (Å²) in [7, 11) is 1.75. The van der Waals surface area contributed by atoms with E-state index >= 15 is 0 Å². The summed E-state index contributed by atoms with van der Waals surface area (Å²) in [4.78, 5) is 28.9. The number of benzene rings is 2. The fourth-order valence-electron chi connectivity index (χ4n) is 3.15. The van der Waals surface area contributed by atoms with Gasteiger partial charge < -0.3 is 9.13 Å². The lowest BCUT2D eigenvalue weighted by atomic mass is 10.2. The van der Waals surface area contributed by atoms with Crippen molar-refractivity contribution in [2.45, 2.75) is 29.9 Å². The summed E-state index contributed by atoms with van der Waals surface area (Å²) in [6.07, 6.45) is 2.38. The van der Waals surface area contributed by atoms with Gasteiger partial charge in [0.1, 0.15) is 6.33 Å². The van der Waals surface area contributed by atoms with Crippen LogP contribution in [0, 0.1) is 10.1 Å². The van der Waals surface area contributed by atoms with E-state index in [4.69, 9.17) is 0 Å². The first-order valence-corrected chi connectivity index (χ1v) is 10.4. The SMILES string of the molecule is CCCn1c(NC(=O)c2ccc(Sc3nncn3C)c([N+](=O)[O-])c2)nc2ccccc21. The first kappa shape index (κ1) is 20.5. The number of nitro benzene ring substituents is 1. The van der Waals surface area contributed by atoms with Gasteiger partial charge in [-0.05, 0) is 42.4 Å². The van der Waals surface area contributed by atoms with Crippen LogP contribution < -0.4 is 5.32 Å². The van der Waals surface area contributed by atoms with Gasteiger partial charge in [-0.3, -0.25) is 20.2 Å². The molecule has 2 aromatic carbocycles. The van der Waals surface area contributed by atoms with Crippen LogP contribution in [0.4, 0.5) is 11.6 Å². The smallest absolute Gasteiger partial charge is 0.284 e. The van der Waals surface area contributed by atoms with Gasteiger partial charge in [0.2, 0.25) is 5.95 Å². The van der Waals surface area contributed by atoms with E-state index in [1.54, 1.807) is 23.7 Å². The average molecular weight is 437 g/mol. The molecule has 2 heterocycles. The van der Waals surface area contributed by atoms with Crippen molar-refractivity contribution in [1.82, 2.24) is 24.3 Å². The zero-order valence-electron chi connectivity index (χ0n) is 16.8. The molecule has 0 spiro atoms. The second-order valence-electron chi connectivity index (χ2n) is 6.80. The number of hydrogen-bond acceptors (Lipinski definition) is 7. The lowest BCUT2D eigenvalue weighted by Crippen LogP contribution is -2.16. The highest BCUT2D eigenvalue weighted by Gasteiger charge is 2.21. The van der Waals surface area contributed by atoms with Gasteiger partial charge in [-0.25, -0.2) is 4.98 Å². The number of imidazole rings is 1. The highest BCUT2D eigenvalue weighted by molar-refractivity contribution is 7.99. The minimum Gasteiger partial charge on any atom is -0.311 e. The summed E-state index contributed by atoms with van der Waals surface area (Å²) in [6, 6.07) is 12.0. The van der Waals surface area contributed by atoms with Crippen molar-refractivity contribution >= 4 is 40.3 Å². The molecule has 0 unspecified atom stereocenters. The molecule has 1 amide bonds. The first-order chi connectivity index (χ1) is 15.0. The second-order valence-corrected chi connectivity index (χ2v) is 7.81. The third-order valence-electron chi connectivity index (χ3n) is 4.62. The van der Waals surface area contributed by atoms with Crippen molar-refractivity contribution in [2.24, 2.45) is 7.05 Å². The molecule has 0 bridgehead atoms. The Bertz CT molecular complexity index is 1280. The number of carbonyl (C=O) groups excluding carboxylic acids is 1.